The van der Waals surface area contributed by atoms with Crippen LogP contribution in [0.4, 0.5) is 0 Å². The Morgan fingerprint density at radius 2 is 1.82 bits per heavy atom. The van der Waals surface area contributed by atoms with Crippen LogP contribution in [0.2, 0.25) is 0 Å². The molecule has 0 aliphatic heterocycles. The van der Waals surface area contributed by atoms with Gasteiger partial charge in [0.15, 0.2) is 0 Å². The van der Waals surface area contributed by atoms with Crippen molar-refractivity contribution in [1.29, 1.82) is 0 Å². The van der Waals surface area contributed by atoms with Crippen molar-refractivity contribution >= 4 is 0 Å². The van der Waals surface area contributed by atoms with Gasteiger partial charge < -0.3 is 0 Å². The summed E-state index contributed by atoms with van der Waals surface area (Å²) >= 11 is 0. The third-order valence-corrected chi connectivity index (χ3v) is 3.83. The van der Waals surface area contributed by atoms with Gasteiger partial charge in [0, 0.05) is 0 Å². The van der Waals surface area contributed by atoms with Crippen molar-refractivity contribution in [2.75, 3.05) is 0 Å². The first kappa shape index (κ1) is 6.05. The van der Waals surface area contributed by atoms with Gasteiger partial charge in [0.1, 0.15) is 0 Å². The van der Waals surface area contributed by atoms with Gasteiger partial charge >= 0.3 is 0 Å². The molecule has 3 aliphatic rings. The van der Waals surface area contributed by atoms with E-state index in [1.165, 1.54) is 6.42 Å². The van der Waals surface area contributed by atoms with Crippen molar-refractivity contribution in [2.45, 2.75) is 13.3 Å². The molecule has 0 unspecified atom stereocenters. The fourth-order valence-corrected chi connectivity index (χ4v) is 3.34. The number of fused-ring (bicyclic) bond motifs is 5. The Labute approximate surface area is 68.0 Å². The second-order valence-corrected chi connectivity index (χ2v) is 4.35. The highest BCUT2D eigenvalue weighted by Crippen LogP contribution is 2.54. The number of hydrogen-bond acceptors (Lipinski definition) is 0. The first-order chi connectivity index (χ1) is 5.36. The summed E-state index contributed by atoms with van der Waals surface area (Å²) in [6, 6.07) is 0. The minimum atomic E-state index is 0.847. The first-order valence-electron chi connectivity index (χ1n) is 4.73. The lowest BCUT2D eigenvalue weighted by Gasteiger charge is -2.23. The Bertz CT molecular complexity index is 236. The molecule has 0 aromatic rings. The summed E-state index contributed by atoms with van der Waals surface area (Å²) in [6.45, 7) is 2.37. The van der Waals surface area contributed by atoms with Gasteiger partial charge in [-0.15, -0.1) is 0 Å². The van der Waals surface area contributed by atoms with Crippen molar-refractivity contribution in [3.05, 3.63) is 24.3 Å². The Hall–Kier alpha value is -0.520. The molecule has 0 heterocycles. The standard InChI is InChI=1S/C11H14/c1-7-2-5-10-8-3-4-9(6-8)11(7)10/h2-5,7-11H,6H2,1H3/t7-,8+,9-,10+,11+/m1/s1. The van der Waals surface area contributed by atoms with Crippen LogP contribution < -0.4 is 0 Å². The van der Waals surface area contributed by atoms with Gasteiger partial charge in [-0.3, -0.25) is 0 Å². The number of rotatable bonds is 0. The summed E-state index contributed by atoms with van der Waals surface area (Å²) < 4.78 is 0. The average molecular weight is 146 g/mol. The van der Waals surface area contributed by atoms with E-state index < -0.39 is 0 Å². The lowest BCUT2D eigenvalue weighted by Crippen LogP contribution is -2.18. The quantitative estimate of drug-likeness (QED) is 0.461. The van der Waals surface area contributed by atoms with Crippen LogP contribution in [0.15, 0.2) is 24.3 Å². The fraction of sp³-hybridized carbons (Fsp3) is 0.636. The molecule has 0 heteroatoms. The Morgan fingerprint density at radius 1 is 1.00 bits per heavy atom. The van der Waals surface area contributed by atoms with Crippen LogP contribution in [0.5, 0.6) is 0 Å². The molecule has 0 spiro atoms. The third kappa shape index (κ3) is 0.610. The minimum absolute atomic E-state index is 0.847. The van der Waals surface area contributed by atoms with Gasteiger partial charge in [-0.2, -0.15) is 0 Å². The molecule has 1 saturated carbocycles. The molecule has 0 aromatic heterocycles. The molecule has 3 aliphatic carbocycles. The highest BCUT2D eigenvalue weighted by atomic mass is 14.5. The molecule has 0 N–H and O–H groups in total. The summed E-state index contributed by atoms with van der Waals surface area (Å²) in [7, 11) is 0. The zero-order chi connectivity index (χ0) is 7.42. The Morgan fingerprint density at radius 3 is 2.64 bits per heavy atom. The van der Waals surface area contributed by atoms with Crippen molar-refractivity contribution in [3.8, 4) is 0 Å². The minimum Gasteiger partial charge on any atom is -0.0851 e. The van der Waals surface area contributed by atoms with Crippen LogP contribution >= 0.6 is 0 Å². The molecule has 1 fully saturated rings. The van der Waals surface area contributed by atoms with E-state index in [-0.39, 0.29) is 0 Å². The van der Waals surface area contributed by atoms with E-state index in [9.17, 15) is 0 Å². The molecule has 5 atom stereocenters. The van der Waals surface area contributed by atoms with Gasteiger partial charge in [0.2, 0.25) is 0 Å². The van der Waals surface area contributed by atoms with Gasteiger partial charge in [-0.25, -0.2) is 0 Å². The van der Waals surface area contributed by atoms with Crippen molar-refractivity contribution in [1.82, 2.24) is 0 Å². The molecule has 3 rings (SSSR count). The molecular weight excluding hydrogens is 132 g/mol. The smallest absolute Gasteiger partial charge is 0.0131 e. The maximum atomic E-state index is 2.46. The molecule has 0 radical (unpaired) electrons. The molecule has 0 nitrogen and oxygen atoms in total. The second kappa shape index (κ2) is 1.80. The van der Waals surface area contributed by atoms with E-state index in [4.69, 9.17) is 0 Å². The highest BCUT2D eigenvalue weighted by Gasteiger charge is 2.47. The summed E-state index contributed by atoms with van der Waals surface area (Å²) in [6.07, 6.45) is 11.2. The van der Waals surface area contributed by atoms with Crippen LogP contribution in [0.25, 0.3) is 0 Å². The monoisotopic (exact) mass is 146 g/mol. The fourth-order valence-electron chi connectivity index (χ4n) is 3.34. The molecule has 0 aromatic carbocycles. The Kier molecular flexibility index (Phi) is 0.988. The largest absolute Gasteiger partial charge is 0.0851 e. The van der Waals surface area contributed by atoms with E-state index in [1.54, 1.807) is 0 Å². The lowest BCUT2D eigenvalue weighted by atomic mass is 9.81. The van der Waals surface area contributed by atoms with E-state index >= 15 is 0 Å². The summed E-state index contributed by atoms with van der Waals surface area (Å²) in [5.41, 5.74) is 0. The van der Waals surface area contributed by atoms with Gasteiger partial charge in [0.25, 0.3) is 0 Å². The summed E-state index contributed by atoms with van der Waals surface area (Å²) in [5, 5.41) is 0. The van der Waals surface area contributed by atoms with Crippen LogP contribution in [-0.4, -0.2) is 0 Å². The van der Waals surface area contributed by atoms with Gasteiger partial charge in [0.05, 0.1) is 0 Å². The predicted molar refractivity (Wildman–Crippen MR) is 46.0 cm³/mol. The highest BCUT2D eigenvalue weighted by molar-refractivity contribution is 5.23. The third-order valence-electron chi connectivity index (χ3n) is 3.83. The lowest BCUT2D eigenvalue weighted by molar-refractivity contribution is 0.326. The van der Waals surface area contributed by atoms with E-state index in [0.717, 1.165) is 29.6 Å². The Balaban J connectivity index is 2.02. The second-order valence-electron chi connectivity index (χ2n) is 4.35. The normalized spacial score (nSPS) is 57.4. The number of allylic oxidation sites excluding steroid dienone is 4. The maximum absolute atomic E-state index is 2.46. The summed E-state index contributed by atoms with van der Waals surface area (Å²) in [4.78, 5) is 0. The maximum Gasteiger partial charge on any atom is -0.0131 e. The van der Waals surface area contributed by atoms with Crippen molar-refractivity contribution in [3.63, 3.8) is 0 Å². The average Bonchev–Trinajstić information content (AvgIpc) is 2.60. The van der Waals surface area contributed by atoms with Crippen molar-refractivity contribution < 1.29 is 0 Å². The number of hydrogen-bond donors (Lipinski definition) is 0. The molecule has 2 bridgehead atoms. The zero-order valence-electron chi connectivity index (χ0n) is 6.90. The first-order valence-corrected chi connectivity index (χ1v) is 4.73. The predicted octanol–water partition coefficient (Wildman–Crippen LogP) is 2.63. The van der Waals surface area contributed by atoms with Crippen LogP contribution in [-0.2, 0) is 0 Å². The summed E-state index contributed by atoms with van der Waals surface area (Å²) in [5.74, 6) is 4.58. The van der Waals surface area contributed by atoms with E-state index in [0.29, 0.717) is 0 Å². The van der Waals surface area contributed by atoms with Crippen LogP contribution in [0.1, 0.15) is 13.3 Å². The molecule has 0 amide bonds. The van der Waals surface area contributed by atoms with E-state index in [2.05, 4.69) is 31.2 Å². The molecular formula is C11H14. The van der Waals surface area contributed by atoms with Crippen molar-refractivity contribution in [2.24, 2.45) is 29.6 Å². The van der Waals surface area contributed by atoms with Crippen LogP contribution in [0, 0.1) is 29.6 Å². The van der Waals surface area contributed by atoms with E-state index in [1.807, 2.05) is 0 Å². The SMILES string of the molecule is C[C@@H]1C=C[C@@H]2[C@@H]1[C@@H]1C=C[C@H]2C1. The topological polar surface area (TPSA) is 0 Å². The molecule has 0 saturated heterocycles. The van der Waals surface area contributed by atoms with Gasteiger partial charge in [-0.05, 0) is 36.0 Å². The zero-order valence-corrected chi connectivity index (χ0v) is 6.90. The molecule has 58 valence electrons. The molecule has 11 heavy (non-hydrogen) atoms. The van der Waals surface area contributed by atoms with Crippen LogP contribution in [0.3, 0.4) is 0 Å². The van der Waals surface area contributed by atoms with Gasteiger partial charge in [-0.1, -0.05) is 31.2 Å².